The van der Waals surface area contributed by atoms with Crippen molar-refractivity contribution in [3.63, 3.8) is 0 Å². The monoisotopic (exact) mass is 364 g/mol. The van der Waals surface area contributed by atoms with Crippen molar-refractivity contribution in [2.45, 2.75) is 34.1 Å². The quantitative estimate of drug-likeness (QED) is 0.541. The number of aliphatic imine (C=N–C) groups is 1. The molecule has 0 radical (unpaired) electrons. The van der Waals surface area contributed by atoms with Gasteiger partial charge in [0.15, 0.2) is 0 Å². The average molecular weight is 364 g/mol. The molecule has 0 unspecified atom stereocenters. The van der Waals surface area contributed by atoms with E-state index in [1.807, 2.05) is 57.3 Å². The van der Waals surface area contributed by atoms with Crippen molar-refractivity contribution in [1.29, 1.82) is 0 Å². The van der Waals surface area contributed by atoms with E-state index < -0.39 is 5.97 Å². The first-order chi connectivity index (χ1) is 12.9. The fourth-order valence-electron chi connectivity index (χ4n) is 2.34. The molecule has 2 rings (SSSR count). The molecule has 6 nitrogen and oxygen atoms in total. The molecule has 0 spiro atoms. The van der Waals surface area contributed by atoms with Gasteiger partial charge in [-0.05, 0) is 62.6 Å². The van der Waals surface area contributed by atoms with E-state index in [4.69, 9.17) is 5.11 Å². The van der Waals surface area contributed by atoms with E-state index in [1.165, 1.54) is 0 Å². The number of aliphatic carboxylic acids is 1. The molecule has 140 valence electrons. The average Bonchev–Trinajstić information content (AvgIpc) is 2.65. The van der Waals surface area contributed by atoms with Gasteiger partial charge in [-0.15, -0.1) is 0 Å². The molecule has 1 aromatic carbocycles. The number of nitrogens with one attached hydrogen (secondary N) is 1. The van der Waals surface area contributed by atoms with Gasteiger partial charge in [-0.1, -0.05) is 19.1 Å². The highest BCUT2D eigenvalue weighted by atomic mass is 16.4. The van der Waals surface area contributed by atoms with Crippen LogP contribution >= 0.6 is 0 Å². The number of aryl methyl sites for hydroxylation is 1. The maximum absolute atomic E-state index is 11.1. The number of aromatic nitrogens is 2. The van der Waals surface area contributed by atoms with Gasteiger partial charge in [0.2, 0.25) is 5.95 Å². The molecule has 27 heavy (non-hydrogen) atoms. The summed E-state index contributed by atoms with van der Waals surface area (Å²) in [5.41, 5.74) is 4.39. The molecular formula is C21H24N4O2. The molecule has 0 saturated heterocycles. The summed E-state index contributed by atoms with van der Waals surface area (Å²) in [5, 5.41) is 12.3. The van der Waals surface area contributed by atoms with Gasteiger partial charge in [-0.25, -0.2) is 14.8 Å². The summed E-state index contributed by atoms with van der Waals surface area (Å²) in [6.45, 7) is 7.45. The predicted molar refractivity (Wildman–Crippen MR) is 110 cm³/mol. The maximum Gasteiger partial charge on any atom is 0.331 e. The summed E-state index contributed by atoms with van der Waals surface area (Å²) in [7, 11) is 0. The molecule has 2 aromatic rings. The number of benzene rings is 1. The molecule has 2 N–H and O–H groups in total. The van der Waals surface area contributed by atoms with Crippen molar-refractivity contribution in [3.05, 3.63) is 58.9 Å². The maximum atomic E-state index is 11.1. The van der Waals surface area contributed by atoms with Crippen molar-refractivity contribution in [3.8, 4) is 0 Å². The van der Waals surface area contributed by atoms with Crippen molar-refractivity contribution in [2.75, 3.05) is 5.32 Å². The van der Waals surface area contributed by atoms with Gasteiger partial charge in [0, 0.05) is 23.7 Å². The smallest absolute Gasteiger partial charge is 0.331 e. The molecule has 1 aromatic heterocycles. The van der Waals surface area contributed by atoms with Gasteiger partial charge in [-0.3, -0.25) is 4.99 Å². The highest BCUT2D eigenvalue weighted by Crippen LogP contribution is 2.21. The fourth-order valence-corrected chi connectivity index (χ4v) is 2.34. The Bertz CT molecular complexity index is 914. The van der Waals surface area contributed by atoms with Crippen molar-refractivity contribution in [1.82, 2.24) is 9.97 Å². The SMILES string of the molecule is C/C=C(\N=CCC)c1ccnc(Nc2ccc(C)c(/C=C(\C)C(=O)O)c2)n1. The van der Waals surface area contributed by atoms with Gasteiger partial charge in [-0.2, -0.15) is 0 Å². The second kappa shape index (κ2) is 9.43. The molecular weight excluding hydrogens is 340 g/mol. The van der Waals surface area contributed by atoms with Crippen LogP contribution in [0.2, 0.25) is 0 Å². The molecule has 0 aliphatic rings. The van der Waals surface area contributed by atoms with Gasteiger partial charge in [0.25, 0.3) is 0 Å². The van der Waals surface area contributed by atoms with Gasteiger partial charge in [0.05, 0.1) is 11.4 Å². The predicted octanol–water partition coefficient (Wildman–Crippen LogP) is 4.86. The number of hydrogen-bond donors (Lipinski definition) is 2. The lowest BCUT2D eigenvalue weighted by Crippen LogP contribution is -2.00. The van der Waals surface area contributed by atoms with Crippen LogP contribution in [0.15, 0.2) is 47.1 Å². The number of carboxylic acid groups (broad SMARTS) is 1. The first-order valence-corrected chi connectivity index (χ1v) is 8.76. The third-order valence-corrected chi connectivity index (χ3v) is 3.85. The van der Waals surface area contributed by atoms with E-state index >= 15 is 0 Å². The lowest BCUT2D eigenvalue weighted by molar-refractivity contribution is -0.132. The molecule has 0 saturated carbocycles. The van der Waals surface area contributed by atoms with Gasteiger partial charge >= 0.3 is 5.97 Å². The van der Waals surface area contributed by atoms with E-state index in [9.17, 15) is 4.79 Å². The highest BCUT2D eigenvalue weighted by Gasteiger charge is 2.06. The number of carboxylic acids is 1. The largest absolute Gasteiger partial charge is 0.478 e. The summed E-state index contributed by atoms with van der Waals surface area (Å²) in [4.78, 5) is 24.3. The third-order valence-electron chi connectivity index (χ3n) is 3.85. The first kappa shape index (κ1) is 20.0. The van der Waals surface area contributed by atoms with Crippen molar-refractivity contribution in [2.24, 2.45) is 4.99 Å². The van der Waals surface area contributed by atoms with Crippen LogP contribution < -0.4 is 5.32 Å². The Hall–Kier alpha value is -3.28. The Kier molecular flexibility index (Phi) is 7.00. The van der Waals surface area contributed by atoms with E-state index in [2.05, 4.69) is 20.3 Å². The minimum absolute atomic E-state index is 0.278. The van der Waals surface area contributed by atoms with Crippen LogP contribution in [0.5, 0.6) is 0 Å². The summed E-state index contributed by atoms with van der Waals surface area (Å²) < 4.78 is 0. The Labute approximate surface area is 159 Å². The summed E-state index contributed by atoms with van der Waals surface area (Å²) in [5.74, 6) is -0.484. The first-order valence-electron chi connectivity index (χ1n) is 8.76. The Balaban J connectivity index is 2.30. The molecule has 0 aliphatic carbocycles. The molecule has 6 heteroatoms. The second-order valence-corrected chi connectivity index (χ2v) is 5.99. The third kappa shape index (κ3) is 5.60. The van der Waals surface area contributed by atoms with Crippen molar-refractivity contribution < 1.29 is 9.90 Å². The van der Waals surface area contributed by atoms with E-state index in [-0.39, 0.29) is 5.57 Å². The van der Waals surface area contributed by atoms with Crippen LogP contribution in [0.3, 0.4) is 0 Å². The number of allylic oxidation sites excluding steroid dienone is 1. The molecule has 1 heterocycles. The Morgan fingerprint density at radius 3 is 2.78 bits per heavy atom. The van der Waals surface area contributed by atoms with E-state index in [0.717, 1.165) is 34.6 Å². The molecule has 0 aliphatic heterocycles. The minimum Gasteiger partial charge on any atom is -0.478 e. The van der Waals surface area contributed by atoms with Crippen LogP contribution in [0.25, 0.3) is 11.8 Å². The summed E-state index contributed by atoms with van der Waals surface area (Å²) in [6, 6.07) is 7.53. The fraction of sp³-hybridized carbons (Fsp3) is 0.238. The van der Waals surface area contributed by atoms with E-state index in [0.29, 0.717) is 5.95 Å². The number of hydrogen-bond acceptors (Lipinski definition) is 5. The summed E-state index contributed by atoms with van der Waals surface area (Å²) in [6.07, 6.45) is 7.93. The molecule has 0 amide bonds. The lowest BCUT2D eigenvalue weighted by atomic mass is 10.1. The molecule has 0 fully saturated rings. The summed E-state index contributed by atoms with van der Waals surface area (Å²) >= 11 is 0. The molecule has 0 bridgehead atoms. The van der Waals surface area contributed by atoms with Crippen LogP contribution in [0.1, 0.15) is 44.0 Å². The Morgan fingerprint density at radius 1 is 1.33 bits per heavy atom. The number of carbonyl (C=O) groups is 1. The van der Waals surface area contributed by atoms with Gasteiger partial charge in [0.1, 0.15) is 0 Å². The zero-order valence-electron chi connectivity index (χ0n) is 16.0. The van der Waals surface area contributed by atoms with Crippen LogP contribution in [-0.2, 0) is 4.79 Å². The number of rotatable bonds is 7. The number of anilines is 2. The van der Waals surface area contributed by atoms with Crippen LogP contribution in [0.4, 0.5) is 11.6 Å². The van der Waals surface area contributed by atoms with Crippen molar-refractivity contribution >= 4 is 35.6 Å². The van der Waals surface area contributed by atoms with E-state index in [1.54, 1.807) is 19.2 Å². The molecule has 0 atom stereocenters. The lowest BCUT2D eigenvalue weighted by Gasteiger charge is -2.09. The van der Waals surface area contributed by atoms with Crippen LogP contribution in [0, 0.1) is 6.92 Å². The number of nitrogens with zero attached hydrogens (tertiary/aromatic N) is 3. The zero-order valence-corrected chi connectivity index (χ0v) is 16.0. The normalized spacial score (nSPS) is 12.4. The topological polar surface area (TPSA) is 87.5 Å². The minimum atomic E-state index is -0.935. The zero-order chi connectivity index (χ0) is 19.8. The standard InChI is InChI=1S/C21H24N4O2/c1-5-10-22-18(6-2)19-9-11-23-21(25-19)24-17-8-7-14(3)16(13-17)12-15(4)20(26)27/h6-13H,5H2,1-4H3,(H,26,27)(H,23,24,25)/b15-12+,18-6-,22-10?. The second-order valence-electron chi connectivity index (χ2n) is 5.99. The Morgan fingerprint density at radius 2 is 2.11 bits per heavy atom. The highest BCUT2D eigenvalue weighted by molar-refractivity contribution is 5.91. The van der Waals surface area contributed by atoms with Crippen LogP contribution in [-0.4, -0.2) is 27.3 Å². The van der Waals surface area contributed by atoms with Gasteiger partial charge < -0.3 is 10.4 Å².